The van der Waals surface area contributed by atoms with Crippen molar-refractivity contribution >= 4 is 5.91 Å². The molecule has 0 saturated carbocycles. The van der Waals surface area contributed by atoms with Gasteiger partial charge in [0.1, 0.15) is 11.6 Å². The summed E-state index contributed by atoms with van der Waals surface area (Å²) in [6.07, 6.45) is -0.00627. The van der Waals surface area contributed by atoms with E-state index >= 15 is 0 Å². The quantitative estimate of drug-likeness (QED) is 0.858. The number of carbonyl (C=O) groups excluding carboxylic acids is 1. The smallest absolute Gasteiger partial charge is 0.251 e. The topological polar surface area (TPSA) is 58.6 Å². The number of aliphatic hydroxyl groups excluding tert-OH is 1. The van der Waals surface area contributed by atoms with Crippen molar-refractivity contribution < 1.29 is 23.4 Å². The lowest BCUT2D eigenvalue weighted by molar-refractivity contribution is 0.0945. The number of hydrogen-bond donors (Lipinski definition) is 2. The van der Waals surface area contributed by atoms with E-state index in [9.17, 15) is 13.6 Å². The van der Waals surface area contributed by atoms with Crippen LogP contribution in [0.15, 0.2) is 42.5 Å². The average molecular weight is 321 g/mol. The van der Waals surface area contributed by atoms with Gasteiger partial charge in [0.15, 0.2) is 11.6 Å². The lowest BCUT2D eigenvalue weighted by Crippen LogP contribution is -2.26. The van der Waals surface area contributed by atoms with Gasteiger partial charge in [-0.2, -0.15) is 0 Å². The molecule has 0 aromatic heterocycles. The number of amides is 1. The minimum absolute atomic E-state index is 0.0967. The zero-order valence-electron chi connectivity index (χ0n) is 12.6. The normalized spacial score (nSPS) is 11.8. The zero-order valence-corrected chi connectivity index (χ0v) is 12.6. The molecule has 2 aromatic rings. The monoisotopic (exact) mass is 321 g/mol. The molecule has 0 fully saturated rings. The zero-order chi connectivity index (χ0) is 16.8. The highest BCUT2D eigenvalue weighted by Gasteiger charge is 2.08. The Morgan fingerprint density at radius 1 is 1.22 bits per heavy atom. The van der Waals surface area contributed by atoms with Crippen LogP contribution < -0.4 is 10.1 Å². The first kappa shape index (κ1) is 16.9. The molecule has 2 rings (SSSR count). The maximum absolute atomic E-state index is 13.5. The van der Waals surface area contributed by atoms with Crippen LogP contribution in [0.3, 0.4) is 0 Å². The molecule has 0 radical (unpaired) electrons. The van der Waals surface area contributed by atoms with Gasteiger partial charge in [0.25, 0.3) is 5.91 Å². The molecule has 1 atom stereocenters. The van der Waals surface area contributed by atoms with Crippen LogP contribution >= 0.6 is 0 Å². The molecule has 23 heavy (non-hydrogen) atoms. The number of nitrogens with one attached hydrogen (secondary N) is 1. The van der Waals surface area contributed by atoms with Crippen LogP contribution in [0.1, 0.15) is 23.7 Å². The van der Waals surface area contributed by atoms with Crippen molar-refractivity contribution in [2.45, 2.75) is 19.4 Å². The molecule has 0 aliphatic heterocycles. The van der Waals surface area contributed by atoms with Crippen LogP contribution in [-0.2, 0) is 0 Å². The molecule has 0 aliphatic rings. The number of hydrogen-bond acceptors (Lipinski definition) is 3. The second kappa shape index (κ2) is 7.69. The van der Waals surface area contributed by atoms with Crippen LogP contribution in [-0.4, -0.2) is 23.7 Å². The highest BCUT2D eigenvalue weighted by atomic mass is 19.1. The Bertz CT molecular complexity index is 672. The third-order valence-corrected chi connectivity index (χ3v) is 3.09. The van der Waals surface area contributed by atoms with Crippen molar-refractivity contribution in [2.24, 2.45) is 0 Å². The number of rotatable bonds is 6. The van der Waals surface area contributed by atoms with Crippen molar-refractivity contribution in [3.8, 4) is 11.5 Å². The molecule has 122 valence electrons. The van der Waals surface area contributed by atoms with Gasteiger partial charge in [0.05, 0.1) is 6.10 Å². The first-order chi connectivity index (χ1) is 11.0. The van der Waals surface area contributed by atoms with E-state index in [4.69, 9.17) is 9.84 Å². The molecule has 0 aliphatic carbocycles. The van der Waals surface area contributed by atoms with Crippen LogP contribution in [0, 0.1) is 11.6 Å². The van der Waals surface area contributed by atoms with Gasteiger partial charge in [-0.1, -0.05) is 0 Å². The van der Waals surface area contributed by atoms with E-state index in [0.29, 0.717) is 24.3 Å². The predicted octanol–water partition coefficient (Wildman–Crippen LogP) is 3.26. The summed E-state index contributed by atoms with van der Waals surface area (Å²) in [5.74, 6) is -1.52. The van der Waals surface area contributed by atoms with Gasteiger partial charge >= 0.3 is 0 Å². The minimum atomic E-state index is -0.801. The molecular weight excluding hydrogens is 304 g/mol. The third-order valence-electron chi connectivity index (χ3n) is 3.09. The molecule has 4 nitrogen and oxygen atoms in total. The van der Waals surface area contributed by atoms with Gasteiger partial charge in [-0.25, -0.2) is 8.78 Å². The van der Waals surface area contributed by atoms with E-state index in [1.165, 1.54) is 30.3 Å². The maximum Gasteiger partial charge on any atom is 0.251 e. The molecule has 6 heteroatoms. The standard InChI is InChI=1S/C17H17F2NO3/c1-11(21)8-9-20-17(22)12-2-5-14(6-3-12)23-16-7-4-13(18)10-15(16)19/h2-7,10-11,21H,8-9H2,1H3,(H,20,22). The Hall–Kier alpha value is -2.47. The fraction of sp³-hybridized carbons (Fsp3) is 0.235. The molecule has 1 amide bonds. The van der Waals surface area contributed by atoms with Crippen molar-refractivity contribution in [2.75, 3.05) is 6.54 Å². The summed E-state index contributed by atoms with van der Waals surface area (Å²) in [4.78, 5) is 11.9. The van der Waals surface area contributed by atoms with Gasteiger partial charge < -0.3 is 15.2 Å². The molecule has 0 bridgehead atoms. The van der Waals surface area contributed by atoms with Crippen molar-refractivity contribution in [3.05, 3.63) is 59.7 Å². The largest absolute Gasteiger partial charge is 0.454 e. The summed E-state index contributed by atoms with van der Waals surface area (Å²) >= 11 is 0. The summed E-state index contributed by atoms with van der Waals surface area (Å²) in [5, 5.41) is 11.8. The van der Waals surface area contributed by atoms with Crippen molar-refractivity contribution in [1.82, 2.24) is 5.32 Å². The maximum atomic E-state index is 13.5. The van der Waals surface area contributed by atoms with Crippen molar-refractivity contribution in [3.63, 3.8) is 0 Å². The number of ether oxygens (including phenoxy) is 1. The number of halogens is 2. The summed E-state index contributed by atoms with van der Waals surface area (Å²) < 4.78 is 31.6. The highest BCUT2D eigenvalue weighted by molar-refractivity contribution is 5.94. The van der Waals surface area contributed by atoms with Crippen LogP contribution in [0.4, 0.5) is 8.78 Å². The van der Waals surface area contributed by atoms with Crippen molar-refractivity contribution in [1.29, 1.82) is 0 Å². The predicted molar refractivity (Wildman–Crippen MR) is 81.5 cm³/mol. The Kier molecular flexibility index (Phi) is 5.65. The Morgan fingerprint density at radius 3 is 2.52 bits per heavy atom. The van der Waals surface area contributed by atoms with E-state index in [1.807, 2.05) is 0 Å². The number of benzene rings is 2. The second-order valence-electron chi connectivity index (χ2n) is 5.09. The van der Waals surface area contributed by atoms with Gasteiger partial charge in [0.2, 0.25) is 0 Å². The fourth-order valence-corrected chi connectivity index (χ4v) is 1.86. The summed E-state index contributed by atoms with van der Waals surface area (Å²) in [7, 11) is 0. The molecule has 0 heterocycles. The molecule has 0 saturated heterocycles. The first-order valence-electron chi connectivity index (χ1n) is 7.15. The second-order valence-corrected chi connectivity index (χ2v) is 5.09. The van der Waals surface area contributed by atoms with E-state index < -0.39 is 17.7 Å². The number of carbonyl (C=O) groups is 1. The highest BCUT2D eigenvalue weighted by Crippen LogP contribution is 2.25. The van der Waals surface area contributed by atoms with Gasteiger partial charge in [-0.3, -0.25) is 4.79 Å². The Balaban J connectivity index is 1.97. The molecular formula is C17H17F2NO3. The molecule has 0 spiro atoms. The van der Waals surface area contributed by atoms with Gasteiger partial charge in [-0.15, -0.1) is 0 Å². The lowest BCUT2D eigenvalue weighted by Gasteiger charge is -2.09. The van der Waals surface area contributed by atoms with Crippen LogP contribution in [0.2, 0.25) is 0 Å². The van der Waals surface area contributed by atoms with E-state index in [1.54, 1.807) is 6.92 Å². The summed E-state index contributed by atoms with van der Waals surface area (Å²) in [6, 6.07) is 9.14. The molecule has 2 aromatic carbocycles. The fourth-order valence-electron chi connectivity index (χ4n) is 1.86. The third kappa shape index (κ3) is 5.03. The first-order valence-corrected chi connectivity index (χ1v) is 7.15. The SMILES string of the molecule is CC(O)CCNC(=O)c1ccc(Oc2ccc(F)cc2F)cc1. The van der Waals surface area contributed by atoms with E-state index in [-0.39, 0.29) is 11.7 Å². The Morgan fingerprint density at radius 2 is 1.91 bits per heavy atom. The van der Waals surface area contributed by atoms with Gasteiger partial charge in [0, 0.05) is 18.2 Å². The van der Waals surface area contributed by atoms with Crippen LogP contribution in [0.25, 0.3) is 0 Å². The number of aliphatic hydroxyl groups is 1. The molecule has 2 N–H and O–H groups in total. The summed E-state index contributed by atoms with van der Waals surface area (Å²) in [5.41, 5.74) is 0.419. The van der Waals surface area contributed by atoms with Gasteiger partial charge in [-0.05, 0) is 49.7 Å². The van der Waals surface area contributed by atoms with Crippen LogP contribution in [0.5, 0.6) is 11.5 Å². The van der Waals surface area contributed by atoms with E-state index in [0.717, 1.165) is 12.1 Å². The average Bonchev–Trinajstić information content (AvgIpc) is 2.50. The molecule has 1 unspecified atom stereocenters. The minimum Gasteiger partial charge on any atom is -0.454 e. The summed E-state index contributed by atoms with van der Waals surface area (Å²) in [6.45, 7) is 2.02. The Labute approximate surface area is 132 Å². The lowest BCUT2D eigenvalue weighted by atomic mass is 10.2. The van der Waals surface area contributed by atoms with E-state index in [2.05, 4.69) is 5.32 Å².